The van der Waals surface area contributed by atoms with Crippen molar-refractivity contribution in [3.05, 3.63) is 35.4 Å². The molecule has 0 bridgehead atoms. The monoisotopic (exact) mass is 301 g/mol. The molecule has 1 atom stereocenters. The molecule has 19 heavy (non-hydrogen) atoms. The van der Waals surface area contributed by atoms with Crippen LogP contribution in [0.15, 0.2) is 24.3 Å². The largest absolute Gasteiger partial charge is 0.480 e. The minimum atomic E-state index is -3.80. The maximum Gasteiger partial charge on any atom is 0.321 e. The number of carboxylic acids is 1. The van der Waals surface area contributed by atoms with Gasteiger partial charge >= 0.3 is 5.97 Å². The van der Waals surface area contributed by atoms with Gasteiger partial charge in [0.05, 0.1) is 5.75 Å². The highest BCUT2D eigenvalue weighted by Crippen LogP contribution is 2.17. The minimum Gasteiger partial charge on any atom is -0.480 e. The molecule has 1 aromatic rings. The lowest BCUT2D eigenvalue weighted by Crippen LogP contribution is -2.31. The molecule has 0 amide bonds. The highest BCUT2D eigenvalue weighted by atomic mass is 32.2. The first-order chi connectivity index (χ1) is 8.79. The predicted molar refractivity (Wildman–Crippen MR) is 76.7 cm³/mol. The number of hydrogen-bond donors (Lipinski definition) is 2. The highest BCUT2D eigenvalue weighted by Gasteiger charge is 2.31. The summed E-state index contributed by atoms with van der Waals surface area (Å²) in [4.78, 5) is 11.0. The molecule has 0 spiro atoms. The molecule has 0 aliphatic carbocycles. The third-order valence-corrected chi connectivity index (χ3v) is 5.05. The van der Waals surface area contributed by atoms with E-state index in [0.29, 0.717) is 11.1 Å². The maximum absolute atomic E-state index is 12.1. The molecule has 0 aliphatic heterocycles. The molecular formula is C12H15NO4S2. The molecule has 104 valence electrons. The predicted octanol–water partition coefficient (Wildman–Crippen LogP) is 1.10. The summed E-state index contributed by atoms with van der Waals surface area (Å²) in [5.74, 6) is -1.72. The summed E-state index contributed by atoms with van der Waals surface area (Å²) in [6, 6.07) is 6.56. The summed E-state index contributed by atoms with van der Waals surface area (Å²) < 4.78 is 24.2. The smallest absolute Gasteiger partial charge is 0.321 e. The van der Waals surface area contributed by atoms with Gasteiger partial charge < -0.3 is 10.8 Å². The average Bonchev–Trinajstić information content (AvgIpc) is 2.28. The molecule has 1 unspecified atom stereocenters. The summed E-state index contributed by atoms with van der Waals surface area (Å²) in [6.45, 7) is 1.52. The fourth-order valence-electron chi connectivity index (χ4n) is 1.79. The summed E-state index contributed by atoms with van der Waals surface area (Å²) in [7, 11) is -3.80. The lowest BCUT2D eigenvalue weighted by atomic mass is 10.1. The third kappa shape index (κ3) is 3.74. The Bertz CT molecular complexity index is 596. The second-order valence-electron chi connectivity index (χ2n) is 4.06. The van der Waals surface area contributed by atoms with Crippen molar-refractivity contribution >= 4 is 33.0 Å². The van der Waals surface area contributed by atoms with Gasteiger partial charge in [-0.2, -0.15) is 0 Å². The number of carboxylic acid groups (broad SMARTS) is 1. The van der Waals surface area contributed by atoms with Gasteiger partial charge in [0.1, 0.15) is 4.99 Å². The molecule has 0 aromatic heterocycles. The van der Waals surface area contributed by atoms with Crippen molar-refractivity contribution in [2.75, 3.05) is 0 Å². The Labute approximate surface area is 117 Å². The van der Waals surface area contributed by atoms with Gasteiger partial charge in [0.25, 0.3) is 0 Å². The fourth-order valence-corrected chi connectivity index (χ4v) is 3.69. The van der Waals surface area contributed by atoms with Crippen LogP contribution in [0.25, 0.3) is 0 Å². The van der Waals surface area contributed by atoms with Crippen molar-refractivity contribution < 1.29 is 18.3 Å². The lowest BCUT2D eigenvalue weighted by molar-refractivity contribution is -0.136. The third-order valence-electron chi connectivity index (χ3n) is 2.72. The number of sulfone groups is 1. The number of benzene rings is 1. The maximum atomic E-state index is 12.1. The van der Waals surface area contributed by atoms with Crippen LogP contribution in [0.3, 0.4) is 0 Å². The zero-order valence-electron chi connectivity index (χ0n) is 10.4. The van der Waals surface area contributed by atoms with E-state index in [1.54, 1.807) is 24.3 Å². The molecule has 0 fully saturated rings. The van der Waals surface area contributed by atoms with Crippen LogP contribution >= 0.6 is 12.2 Å². The van der Waals surface area contributed by atoms with Crippen LogP contribution in [0.2, 0.25) is 0 Å². The number of hydrogen-bond acceptors (Lipinski definition) is 4. The molecule has 0 aliphatic rings. The van der Waals surface area contributed by atoms with Crippen LogP contribution in [-0.4, -0.2) is 29.7 Å². The molecule has 0 saturated carbocycles. The molecular weight excluding hydrogens is 286 g/mol. The van der Waals surface area contributed by atoms with Crippen LogP contribution in [0.4, 0.5) is 0 Å². The van der Waals surface area contributed by atoms with Crippen LogP contribution in [-0.2, 0) is 20.4 Å². The SMILES string of the molecule is CCC(C(=O)O)S(=O)(=O)Cc1ccccc1C(N)=S. The number of nitrogens with two attached hydrogens (primary N) is 1. The number of rotatable bonds is 6. The fraction of sp³-hybridized carbons (Fsp3) is 0.333. The van der Waals surface area contributed by atoms with E-state index in [9.17, 15) is 13.2 Å². The van der Waals surface area contributed by atoms with Gasteiger partial charge in [0, 0.05) is 5.56 Å². The first-order valence-electron chi connectivity index (χ1n) is 5.61. The van der Waals surface area contributed by atoms with Crippen molar-refractivity contribution in [3.63, 3.8) is 0 Å². The Balaban J connectivity index is 3.15. The van der Waals surface area contributed by atoms with Crippen molar-refractivity contribution in [3.8, 4) is 0 Å². The molecule has 5 nitrogen and oxygen atoms in total. The standard InChI is InChI=1S/C12H15NO4S2/c1-2-10(12(14)15)19(16,17)7-8-5-3-4-6-9(8)11(13)18/h3-6,10H,2,7H2,1H3,(H2,13,18)(H,14,15). The first kappa shape index (κ1) is 15.6. The first-order valence-corrected chi connectivity index (χ1v) is 7.74. The van der Waals surface area contributed by atoms with Gasteiger partial charge in [-0.25, -0.2) is 8.42 Å². The van der Waals surface area contributed by atoms with Crippen molar-refractivity contribution in [1.82, 2.24) is 0 Å². The Morgan fingerprint density at radius 3 is 2.47 bits per heavy atom. The molecule has 0 radical (unpaired) electrons. The van der Waals surface area contributed by atoms with Gasteiger partial charge in [-0.15, -0.1) is 0 Å². The topological polar surface area (TPSA) is 97.5 Å². The second-order valence-corrected chi connectivity index (χ2v) is 6.69. The summed E-state index contributed by atoms with van der Waals surface area (Å²) in [5.41, 5.74) is 6.41. The van der Waals surface area contributed by atoms with E-state index in [0.717, 1.165) is 0 Å². The molecule has 7 heteroatoms. The van der Waals surface area contributed by atoms with Gasteiger partial charge in [0.2, 0.25) is 0 Å². The van der Waals surface area contributed by atoms with E-state index in [-0.39, 0.29) is 17.2 Å². The van der Waals surface area contributed by atoms with Crippen LogP contribution in [0.5, 0.6) is 0 Å². The van der Waals surface area contributed by atoms with Crippen LogP contribution in [0, 0.1) is 0 Å². The molecule has 0 saturated heterocycles. The van der Waals surface area contributed by atoms with Gasteiger partial charge in [-0.05, 0) is 12.0 Å². The minimum absolute atomic E-state index is 0.0207. The molecule has 1 rings (SSSR count). The lowest BCUT2D eigenvalue weighted by Gasteiger charge is -2.13. The number of thiocarbonyl (C=S) groups is 1. The Kier molecular flexibility index (Phi) is 5.02. The van der Waals surface area contributed by atoms with E-state index < -0.39 is 21.1 Å². The van der Waals surface area contributed by atoms with Gasteiger partial charge in [-0.1, -0.05) is 43.4 Å². The van der Waals surface area contributed by atoms with Gasteiger partial charge in [-0.3, -0.25) is 4.79 Å². The summed E-state index contributed by atoms with van der Waals surface area (Å²) >= 11 is 4.85. The number of aliphatic carboxylic acids is 1. The zero-order chi connectivity index (χ0) is 14.6. The highest BCUT2D eigenvalue weighted by molar-refractivity contribution is 7.92. The van der Waals surface area contributed by atoms with Crippen LogP contribution < -0.4 is 5.73 Å². The Hall–Kier alpha value is -1.47. The second kappa shape index (κ2) is 6.12. The normalized spacial score (nSPS) is 12.9. The molecule has 3 N–H and O–H groups in total. The van der Waals surface area contributed by atoms with E-state index >= 15 is 0 Å². The summed E-state index contributed by atoms with van der Waals surface area (Å²) in [6.07, 6.45) is 0.0207. The average molecular weight is 301 g/mol. The van der Waals surface area contributed by atoms with E-state index in [4.69, 9.17) is 23.1 Å². The van der Waals surface area contributed by atoms with E-state index in [2.05, 4.69) is 0 Å². The van der Waals surface area contributed by atoms with E-state index in [1.165, 1.54) is 6.92 Å². The number of carbonyl (C=O) groups is 1. The van der Waals surface area contributed by atoms with E-state index in [1.807, 2.05) is 0 Å². The zero-order valence-corrected chi connectivity index (χ0v) is 12.0. The van der Waals surface area contributed by atoms with Gasteiger partial charge in [0.15, 0.2) is 15.1 Å². The Morgan fingerprint density at radius 1 is 1.42 bits per heavy atom. The van der Waals surface area contributed by atoms with Crippen molar-refractivity contribution in [2.45, 2.75) is 24.3 Å². The van der Waals surface area contributed by atoms with Crippen molar-refractivity contribution in [2.24, 2.45) is 5.73 Å². The quantitative estimate of drug-likeness (QED) is 0.764. The Morgan fingerprint density at radius 2 is 2.00 bits per heavy atom. The van der Waals surface area contributed by atoms with Crippen LogP contribution in [0.1, 0.15) is 24.5 Å². The summed E-state index contributed by atoms with van der Waals surface area (Å²) in [5, 5.41) is 7.53. The molecule has 0 heterocycles. The van der Waals surface area contributed by atoms with Crippen molar-refractivity contribution in [1.29, 1.82) is 0 Å². The molecule has 1 aromatic carbocycles.